The Bertz CT molecular complexity index is 888. The van der Waals surface area contributed by atoms with Crippen LogP contribution in [0.25, 0.3) is 33.3 Å². The van der Waals surface area contributed by atoms with Crippen molar-refractivity contribution >= 4 is 22.2 Å². The number of nitrogens with zero attached hydrogens (tertiary/aromatic N) is 5. The number of rotatable bonds is 1. The number of aryl methyl sites for hydroxylation is 1. The molecule has 0 bridgehead atoms. The van der Waals surface area contributed by atoms with Crippen molar-refractivity contribution in [3.8, 4) is 11.1 Å². The fourth-order valence-electron chi connectivity index (χ4n) is 2.30. The molecule has 0 atom stereocenters. The van der Waals surface area contributed by atoms with Crippen molar-refractivity contribution in [2.45, 2.75) is 0 Å². The number of pyridine rings is 2. The lowest BCUT2D eigenvalue weighted by Gasteiger charge is -2.03. The molecule has 0 aliphatic carbocycles. The summed E-state index contributed by atoms with van der Waals surface area (Å²) in [5.74, 6) is 0. The van der Waals surface area contributed by atoms with Crippen LogP contribution in [0.2, 0.25) is 0 Å². The molecule has 4 aromatic heterocycles. The van der Waals surface area contributed by atoms with Gasteiger partial charge >= 0.3 is 0 Å². The highest BCUT2D eigenvalue weighted by Gasteiger charge is 2.09. The summed E-state index contributed by atoms with van der Waals surface area (Å²) in [7, 11) is 1.98. The van der Waals surface area contributed by atoms with Crippen molar-refractivity contribution in [1.29, 1.82) is 0 Å². The van der Waals surface area contributed by atoms with Gasteiger partial charge in [-0.05, 0) is 23.8 Å². The van der Waals surface area contributed by atoms with Gasteiger partial charge < -0.3 is 4.57 Å². The predicted octanol–water partition coefficient (Wildman–Crippen LogP) is 1.91. The zero-order valence-electron chi connectivity index (χ0n) is 10.2. The first-order chi connectivity index (χ1) is 9.33. The Labute approximate surface area is 108 Å². The SMILES string of the molecule is Cn1ccc2c(-c3cnc4n[nH]nc4c3)ccnc21. The highest BCUT2D eigenvalue weighted by atomic mass is 15.3. The Morgan fingerprint density at radius 2 is 2.11 bits per heavy atom. The van der Waals surface area contributed by atoms with Crippen LogP contribution in [0, 0.1) is 0 Å². The zero-order valence-corrected chi connectivity index (χ0v) is 10.2. The van der Waals surface area contributed by atoms with E-state index in [4.69, 9.17) is 0 Å². The summed E-state index contributed by atoms with van der Waals surface area (Å²) in [5.41, 5.74) is 4.46. The summed E-state index contributed by atoms with van der Waals surface area (Å²) >= 11 is 0. The molecule has 4 heterocycles. The van der Waals surface area contributed by atoms with E-state index < -0.39 is 0 Å². The molecule has 1 N–H and O–H groups in total. The van der Waals surface area contributed by atoms with Gasteiger partial charge in [0.2, 0.25) is 5.65 Å². The van der Waals surface area contributed by atoms with E-state index in [-0.39, 0.29) is 0 Å². The number of nitrogens with one attached hydrogen (secondary N) is 1. The summed E-state index contributed by atoms with van der Waals surface area (Å²) in [6, 6.07) is 6.03. The summed E-state index contributed by atoms with van der Waals surface area (Å²) < 4.78 is 2.00. The monoisotopic (exact) mass is 250 g/mol. The van der Waals surface area contributed by atoms with Gasteiger partial charge in [-0.1, -0.05) is 0 Å². The van der Waals surface area contributed by atoms with Gasteiger partial charge in [-0.3, -0.25) is 0 Å². The third kappa shape index (κ3) is 1.43. The van der Waals surface area contributed by atoms with Crippen LogP contribution in [0.5, 0.6) is 0 Å². The van der Waals surface area contributed by atoms with E-state index in [1.807, 2.05) is 42.3 Å². The van der Waals surface area contributed by atoms with Crippen molar-refractivity contribution in [2.24, 2.45) is 7.05 Å². The molecule has 0 spiro atoms. The van der Waals surface area contributed by atoms with Crippen molar-refractivity contribution in [2.75, 3.05) is 0 Å². The molecular weight excluding hydrogens is 240 g/mol. The lowest BCUT2D eigenvalue weighted by molar-refractivity contribution is 0.949. The molecule has 0 unspecified atom stereocenters. The van der Waals surface area contributed by atoms with E-state index in [0.29, 0.717) is 5.65 Å². The van der Waals surface area contributed by atoms with E-state index in [2.05, 4.69) is 31.4 Å². The maximum absolute atomic E-state index is 4.39. The summed E-state index contributed by atoms with van der Waals surface area (Å²) in [6.45, 7) is 0. The molecule has 0 amide bonds. The smallest absolute Gasteiger partial charge is 0.201 e. The van der Waals surface area contributed by atoms with Gasteiger partial charge in [0.05, 0.1) is 0 Å². The maximum Gasteiger partial charge on any atom is 0.201 e. The summed E-state index contributed by atoms with van der Waals surface area (Å²) in [4.78, 5) is 8.69. The molecule has 0 fully saturated rings. The van der Waals surface area contributed by atoms with Crippen LogP contribution in [0.1, 0.15) is 0 Å². The van der Waals surface area contributed by atoms with Gasteiger partial charge in [0.1, 0.15) is 11.2 Å². The predicted molar refractivity (Wildman–Crippen MR) is 71.4 cm³/mol. The Kier molecular flexibility index (Phi) is 1.94. The van der Waals surface area contributed by atoms with Crippen LogP contribution >= 0.6 is 0 Å². The van der Waals surface area contributed by atoms with Gasteiger partial charge in [-0.25, -0.2) is 9.97 Å². The van der Waals surface area contributed by atoms with Gasteiger partial charge in [0.15, 0.2) is 0 Å². The van der Waals surface area contributed by atoms with Crippen LogP contribution in [0.15, 0.2) is 36.8 Å². The van der Waals surface area contributed by atoms with Gasteiger partial charge in [-0.2, -0.15) is 10.3 Å². The number of aromatic amines is 1. The first kappa shape index (κ1) is 10.2. The molecule has 0 saturated heterocycles. The molecule has 0 radical (unpaired) electrons. The number of fused-ring (bicyclic) bond motifs is 2. The fourth-order valence-corrected chi connectivity index (χ4v) is 2.30. The molecule has 6 nitrogen and oxygen atoms in total. The Balaban J connectivity index is 2.02. The van der Waals surface area contributed by atoms with E-state index in [9.17, 15) is 0 Å². The molecule has 19 heavy (non-hydrogen) atoms. The molecule has 6 heteroatoms. The minimum atomic E-state index is 0.627. The average molecular weight is 250 g/mol. The molecular formula is C13H10N6. The molecule has 0 aliphatic rings. The lowest BCUT2D eigenvalue weighted by atomic mass is 10.1. The van der Waals surface area contributed by atoms with Gasteiger partial charge in [-0.15, -0.1) is 5.10 Å². The topological polar surface area (TPSA) is 72.3 Å². The van der Waals surface area contributed by atoms with E-state index in [1.165, 1.54) is 0 Å². The Morgan fingerprint density at radius 3 is 3.05 bits per heavy atom. The number of aromatic nitrogens is 6. The third-order valence-corrected chi connectivity index (χ3v) is 3.25. The number of hydrogen-bond donors (Lipinski definition) is 1. The largest absolute Gasteiger partial charge is 0.336 e. The van der Waals surface area contributed by atoms with Crippen LogP contribution in [0.4, 0.5) is 0 Å². The average Bonchev–Trinajstić information content (AvgIpc) is 3.05. The van der Waals surface area contributed by atoms with E-state index >= 15 is 0 Å². The minimum absolute atomic E-state index is 0.627. The third-order valence-electron chi connectivity index (χ3n) is 3.25. The summed E-state index contributed by atoms with van der Waals surface area (Å²) in [5, 5.41) is 11.7. The van der Waals surface area contributed by atoms with Crippen LogP contribution in [-0.2, 0) is 7.05 Å². The molecule has 0 saturated carbocycles. The molecule has 0 aromatic carbocycles. The van der Waals surface area contributed by atoms with Gasteiger partial charge in [0, 0.05) is 36.6 Å². The van der Waals surface area contributed by atoms with E-state index in [1.54, 1.807) is 0 Å². The highest BCUT2D eigenvalue weighted by molar-refractivity contribution is 5.94. The van der Waals surface area contributed by atoms with E-state index in [0.717, 1.165) is 27.7 Å². The number of hydrogen-bond acceptors (Lipinski definition) is 4. The first-order valence-corrected chi connectivity index (χ1v) is 5.90. The highest BCUT2D eigenvalue weighted by Crippen LogP contribution is 2.28. The quantitative estimate of drug-likeness (QED) is 0.560. The van der Waals surface area contributed by atoms with Crippen molar-refractivity contribution < 1.29 is 0 Å². The van der Waals surface area contributed by atoms with Crippen molar-refractivity contribution in [3.63, 3.8) is 0 Å². The second-order valence-corrected chi connectivity index (χ2v) is 4.41. The van der Waals surface area contributed by atoms with Crippen molar-refractivity contribution in [3.05, 3.63) is 36.8 Å². The lowest BCUT2D eigenvalue weighted by Crippen LogP contribution is -1.89. The molecule has 4 aromatic rings. The standard InChI is InChI=1S/C13H10N6/c1-19-5-3-10-9(2-4-14-13(10)19)8-6-11-12(15-7-8)17-18-16-11/h2-7H,1H3,(H,15,16,17,18). The summed E-state index contributed by atoms with van der Waals surface area (Å²) in [6.07, 6.45) is 5.63. The molecule has 4 rings (SSSR count). The Hall–Kier alpha value is -2.76. The second kappa shape index (κ2) is 3.61. The first-order valence-electron chi connectivity index (χ1n) is 5.90. The molecule has 92 valence electrons. The van der Waals surface area contributed by atoms with Gasteiger partial charge in [0.25, 0.3) is 0 Å². The normalized spacial score (nSPS) is 11.4. The van der Waals surface area contributed by atoms with Crippen molar-refractivity contribution in [1.82, 2.24) is 29.9 Å². The van der Waals surface area contributed by atoms with Crippen LogP contribution in [-0.4, -0.2) is 29.9 Å². The van der Waals surface area contributed by atoms with Crippen LogP contribution < -0.4 is 0 Å². The Morgan fingerprint density at radius 1 is 1.16 bits per heavy atom. The maximum atomic E-state index is 4.39. The zero-order chi connectivity index (χ0) is 12.8. The second-order valence-electron chi connectivity index (χ2n) is 4.41. The number of H-pyrrole nitrogens is 1. The van der Waals surface area contributed by atoms with Crippen LogP contribution in [0.3, 0.4) is 0 Å². The fraction of sp³-hybridized carbons (Fsp3) is 0.0769. The minimum Gasteiger partial charge on any atom is -0.336 e. The molecule has 0 aliphatic heterocycles.